The van der Waals surface area contributed by atoms with Crippen LogP contribution >= 0.6 is 0 Å². The van der Waals surface area contributed by atoms with E-state index in [1.807, 2.05) is 51.1 Å². The number of carbonyl (C=O) groups excluding carboxylic acids is 1. The zero-order valence-corrected chi connectivity index (χ0v) is 14.9. The van der Waals surface area contributed by atoms with Crippen LogP contribution in [0, 0.1) is 13.8 Å². The molecule has 3 aromatic rings. The molecule has 0 aliphatic carbocycles. The summed E-state index contributed by atoms with van der Waals surface area (Å²) in [6.45, 7) is 6.66. The van der Waals surface area contributed by atoms with E-state index in [-0.39, 0.29) is 12.5 Å². The summed E-state index contributed by atoms with van der Waals surface area (Å²) in [7, 11) is 0. The number of carbonyl (C=O) groups is 1. The van der Waals surface area contributed by atoms with E-state index in [1.165, 1.54) is 0 Å². The summed E-state index contributed by atoms with van der Waals surface area (Å²) in [5.41, 5.74) is 4.69. The molecule has 0 bridgehead atoms. The van der Waals surface area contributed by atoms with Crippen LogP contribution in [0.1, 0.15) is 18.1 Å². The number of likely N-dealkylation sites (N-methyl/N-ethyl adjacent to an activating group) is 1. The molecule has 1 aromatic heterocycles. The quantitative estimate of drug-likeness (QED) is 0.720. The Bertz CT molecular complexity index is 973. The minimum atomic E-state index is -0.0545. The van der Waals surface area contributed by atoms with Crippen molar-refractivity contribution in [2.45, 2.75) is 20.8 Å². The molecule has 6 nitrogen and oxygen atoms in total. The van der Waals surface area contributed by atoms with Gasteiger partial charge in [-0.2, -0.15) is 4.98 Å². The van der Waals surface area contributed by atoms with E-state index in [9.17, 15) is 4.79 Å². The van der Waals surface area contributed by atoms with Gasteiger partial charge in [0.15, 0.2) is 6.61 Å². The van der Waals surface area contributed by atoms with Gasteiger partial charge in [0.25, 0.3) is 11.8 Å². The SMILES string of the molecule is CCN1C(=O)COc2ccc(-c3noc(-c4cc(C)cc(C)c4)n3)cc21. The number of ether oxygens (including phenoxy) is 1. The number of nitrogens with zero attached hydrogens (tertiary/aromatic N) is 3. The van der Waals surface area contributed by atoms with E-state index in [4.69, 9.17) is 9.26 Å². The zero-order valence-electron chi connectivity index (χ0n) is 14.9. The van der Waals surface area contributed by atoms with Gasteiger partial charge in [-0.15, -0.1) is 0 Å². The number of amides is 1. The van der Waals surface area contributed by atoms with Crippen molar-refractivity contribution in [3.8, 4) is 28.6 Å². The molecule has 0 radical (unpaired) electrons. The molecular weight excluding hydrogens is 330 g/mol. The highest BCUT2D eigenvalue weighted by Crippen LogP contribution is 2.35. The molecule has 132 valence electrons. The van der Waals surface area contributed by atoms with Crippen molar-refractivity contribution in [2.75, 3.05) is 18.1 Å². The monoisotopic (exact) mass is 349 g/mol. The maximum atomic E-state index is 12.0. The van der Waals surface area contributed by atoms with Crippen molar-refractivity contribution in [1.82, 2.24) is 10.1 Å². The topological polar surface area (TPSA) is 68.5 Å². The van der Waals surface area contributed by atoms with Crippen molar-refractivity contribution in [3.63, 3.8) is 0 Å². The summed E-state index contributed by atoms with van der Waals surface area (Å²) in [4.78, 5) is 18.3. The van der Waals surface area contributed by atoms with Crippen LogP contribution in [0.15, 0.2) is 40.9 Å². The standard InChI is InChI=1S/C20H19N3O3/c1-4-23-16-10-14(5-6-17(16)25-11-18(23)24)19-21-20(26-22-19)15-8-12(2)7-13(3)9-15/h5-10H,4,11H2,1-3H3. The van der Waals surface area contributed by atoms with E-state index in [0.717, 1.165) is 27.9 Å². The van der Waals surface area contributed by atoms with E-state index < -0.39 is 0 Å². The minimum absolute atomic E-state index is 0.0545. The summed E-state index contributed by atoms with van der Waals surface area (Å²) >= 11 is 0. The van der Waals surface area contributed by atoms with Gasteiger partial charge in [0.05, 0.1) is 5.69 Å². The first-order valence-electron chi connectivity index (χ1n) is 8.55. The molecule has 4 rings (SSSR count). The molecule has 0 unspecified atom stereocenters. The average Bonchev–Trinajstić information content (AvgIpc) is 3.10. The van der Waals surface area contributed by atoms with Gasteiger partial charge in [0.2, 0.25) is 5.82 Å². The molecular formula is C20H19N3O3. The third-order valence-corrected chi connectivity index (χ3v) is 4.37. The molecule has 1 amide bonds. The number of benzene rings is 2. The van der Waals surface area contributed by atoms with Crippen molar-refractivity contribution < 1.29 is 14.1 Å². The molecule has 0 saturated heterocycles. The summed E-state index contributed by atoms with van der Waals surface area (Å²) in [6, 6.07) is 11.7. The first kappa shape index (κ1) is 16.3. The van der Waals surface area contributed by atoms with E-state index in [1.54, 1.807) is 4.90 Å². The predicted octanol–water partition coefficient (Wildman–Crippen LogP) is 3.77. The van der Waals surface area contributed by atoms with Crippen LogP contribution in [0.3, 0.4) is 0 Å². The fourth-order valence-electron chi connectivity index (χ4n) is 3.24. The van der Waals surface area contributed by atoms with Crippen LogP contribution in [-0.2, 0) is 4.79 Å². The maximum absolute atomic E-state index is 12.0. The van der Waals surface area contributed by atoms with Crippen LogP contribution < -0.4 is 9.64 Å². The van der Waals surface area contributed by atoms with Crippen LogP contribution in [0.5, 0.6) is 5.75 Å². The van der Waals surface area contributed by atoms with Crippen molar-refractivity contribution in [2.24, 2.45) is 0 Å². The molecule has 0 atom stereocenters. The highest BCUT2D eigenvalue weighted by Gasteiger charge is 2.25. The van der Waals surface area contributed by atoms with Gasteiger partial charge in [-0.3, -0.25) is 4.79 Å². The lowest BCUT2D eigenvalue weighted by Crippen LogP contribution is -2.38. The maximum Gasteiger partial charge on any atom is 0.265 e. The molecule has 1 aliphatic rings. The highest BCUT2D eigenvalue weighted by molar-refractivity contribution is 5.98. The summed E-state index contributed by atoms with van der Waals surface area (Å²) in [5.74, 6) is 1.59. The summed E-state index contributed by atoms with van der Waals surface area (Å²) in [5, 5.41) is 4.11. The van der Waals surface area contributed by atoms with Gasteiger partial charge in [-0.05, 0) is 51.1 Å². The zero-order chi connectivity index (χ0) is 18.3. The lowest BCUT2D eigenvalue weighted by atomic mass is 10.1. The summed E-state index contributed by atoms with van der Waals surface area (Å²) < 4.78 is 11.0. The Morgan fingerprint density at radius 2 is 1.85 bits per heavy atom. The third-order valence-electron chi connectivity index (χ3n) is 4.37. The fourth-order valence-corrected chi connectivity index (χ4v) is 3.24. The number of aromatic nitrogens is 2. The Balaban J connectivity index is 1.72. The summed E-state index contributed by atoms with van der Waals surface area (Å²) in [6.07, 6.45) is 0. The first-order chi connectivity index (χ1) is 12.5. The molecule has 2 heterocycles. The fraction of sp³-hybridized carbons (Fsp3) is 0.250. The molecule has 0 saturated carbocycles. The van der Waals surface area contributed by atoms with E-state index >= 15 is 0 Å². The van der Waals surface area contributed by atoms with Gasteiger partial charge in [0.1, 0.15) is 5.75 Å². The molecule has 6 heteroatoms. The van der Waals surface area contributed by atoms with Crippen LogP contribution in [0.25, 0.3) is 22.8 Å². The van der Waals surface area contributed by atoms with Gasteiger partial charge in [-0.1, -0.05) is 22.3 Å². The predicted molar refractivity (Wildman–Crippen MR) is 98.2 cm³/mol. The average molecular weight is 349 g/mol. The molecule has 0 spiro atoms. The smallest absolute Gasteiger partial charge is 0.265 e. The molecule has 2 aromatic carbocycles. The Hall–Kier alpha value is -3.15. The second-order valence-corrected chi connectivity index (χ2v) is 6.41. The Labute approximate surface area is 151 Å². The molecule has 1 aliphatic heterocycles. The highest BCUT2D eigenvalue weighted by atomic mass is 16.5. The number of hydrogen-bond donors (Lipinski definition) is 0. The Kier molecular flexibility index (Phi) is 3.95. The normalized spacial score (nSPS) is 13.5. The lowest BCUT2D eigenvalue weighted by molar-refractivity contribution is -0.121. The van der Waals surface area contributed by atoms with Gasteiger partial charge in [-0.25, -0.2) is 0 Å². The molecule has 0 fully saturated rings. The number of fused-ring (bicyclic) bond motifs is 1. The minimum Gasteiger partial charge on any atom is -0.482 e. The van der Waals surface area contributed by atoms with Gasteiger partial charge in [0, 0.05) is 17.7 Å². The molecule has 26 heavy (non-hydrogen) atoms. The van der Waals surface area contributed by atoms with Crippen LogP contribution in [0.2, 0.25) is 0 Å². The van der Waals surface area contributed by atoms with Crippen molar-refractivity contribution in [3.05, 3.63) is 47.5 Å². The molecule has 0 N–H and O–H groups in total. The number of aryl methyl sites for hydroxylation is 2. The van der Waals surface area contributed by atoms with Crippen molar-refractivity contribution in [1.29, 1.82) is 0 Å². The van der Waals surface area contributed by atoms with Crippen molar-refractivity contribution >= 4 is 11.6 Å². The van der Waals surface area contributed by atoms with Crippen LogP contribution in [-0.4, -0.2) is 29.2 Å². The third kappa shape index (κ3) is 2.83. The van der Waals surface area contributed by atoms with E-state index in [2.05, 4.69) is 16.2 Å². The van der Waals surface area contributed by atoms with Gasteiger partial charge >= 0.3 is 0 Å². The second-order valence-electron chi connectivity index (χ2n) is 6.41. The Morgan fingerprint density at radius 1 is 1.08 bits per heavy atom. The van der Waals surface area contributed by atoms with Gasteiger partial charge < -0.3 is 14.2 Å². The second kappa shape index (κ2) is 6.29. The first-order valence-corrected chi connectivity index (χ1v) is 8.55. The largest absolute Gasteiger partial charge is 0.482 e. The lowest BCUT2D eigenvalue weighted by Gasteiger charge is -2.28. The number of anilines is 1. The van der Waals surface area contributed by atoms with E-state index in [0.29, 0.717) is 24.0 Å². The number of hydrogen-bond acceptors (Lipinski definition) is 5. The van der Waals surface area contributed by atoms with Crippen LogP contribution in [0.4, 0.5) is 5.69 Å². The number of rotatable bonds is 3. The Morgan fingerprint density at radius 3 is 2.58 bits per heavy atom.